The van der Waals surface area contributed by atoms with Crippen LogP contribution < -0.4 is 5.32 Å². The Morgan fingerprint density at radius 1 is 1.07 bits per heavy atom. The average Bonchev–Trinajstić information content (AvgIpc) is 3.10. The quantitative estimate of drug-likeness (QED) is 0.637. The summed E-state index contributed by atoms with van der Waals surface area (Å²) in [5.74, 6) is -0.347. The molecule has 0 aliphatic heterocycles. The molecule has 2 aromatic carbocycles. The minimum absolute atomic E-state index is 0.202. The molecule has 3 rings (SSSR count). The zero-order chi connectivity index (χ0) is 19.6. The van der Waals surface area contributed by atoms with Gasteiger partial charge in [0.05, 0.1) is 15.8 Å². The van der Waals surface area contributed by atoms with Gasteiger partial charge in [0.2, 0.25) is 0 Å². The number of rotatable bonds is 5. The number of anilines is 1. The number of nitrogens with one attached hydrogen (secondary N) is 1. The van der Waals surface area contributed by atoms with Crippen molar-refractivity contribution in [2.75, 3.05) is 5.32 Å². The third-order valence-electron chi connectivity index (χ3n) is 3.93. The monoisotopic (exact) mass is 420 g/mol. The first-order chi connectivity index (χ1) is 12.8. The molecule has 3 aromatic rings. The van der Waals surface area contributed by atoms with Crippen LogP contribution in [0.4, 0.5) is 5.13 Å². The molecule has 0 unspecified atom stereocenters. The van der Waals surface area contributed by atoms with Gasteiger partial charge in [-0.25, -0.2) is 13.4 Å². The van der Waals surface area contributed by atoms with E-state index < -0.39 is 15.1 Å². The van der Waals surface area contributed by atoms with Gasteiger partial charge in [0.1, 0.15) is 0 Å². The fraction of sp³-hybridized carbons (Fsp3) is 0.158. The van der Waals surface area contributed by atoms with E-state index in [1.165, 1.54) is 35.6 Å². The van der Waals surface area contributed by atoms with Gasteiger partial charge < -0.3 is 0 Å². The number of aromatic nitrogens is 1. The lowest BCUT2D eigenvalue weighted by molar-refractivity contribution is 0.102. The number of carbonyl (C=O) groups is 1. The van der Waals surface area contributed by atoms with Crippen LogP contribution in [0.5, 0.6) is 0 Å². The molecule has 1 N–H and O–H groups in total. The second kappa shape index (κ2) is 7.80. The number of nitrogens with zero attached hydrogens (tertiary/aromatic N) is 1. The van der Waals surface area contributed by atoms with E-state index in [4.69, 9.17) is 11.6 Å². The van der Waals surface area contributed by atoms with Crippen molar-refractivity contribution in [3.63, 3.8) is 0 Å². The number of amides is 1. The molecule has 0 fully saturated rings. The van der Waals surface area contributed by atoms with E-state index >= 15 is 0 Å². The predicted molar refractivity (Wildman–Crippen MR) is 109 cm³/mol. The second-order valence-corrected chi connectivity index (χ2v) is 9.92. The van der Waals surface area contributed by atoms with Crippen molar-refractivity contribution >= 4 is 43.8 Å². The Morgan fingerprint density at radius 3 is 2.30 bits per heavy atom. The minimum Gasteiger partial charge on any atom is -0.298 e. The van der Waals surface area contributed by atoms with Crippen LogP contribution in [0.1, 0.15) is 24.2 Å². The van der Waals surface area contributed by atoms with Gasteiger partial charge in [-0.15, -0.1) is 11.3 Å². The Kier molecular flexibility index (Phi) is 5.64. The first kappa shape index (κ1) is 19.5. The van der Waals surface area contributed by atoms with Gasteiger partial charge in [-0.3, -0.25) is 10.1 Å². The number of benzene rings is 2. The number of halogens is 1. The van der Waals surface area contributed by atoms with Crippen molar-refractivity contribution in [1.82, 2.24) is 4.98 Å². The van der Waals surface area contributed by atoms with Gasteiger partial charge in [0.15, 0.2) is 15.0 Å². The van der Waals surface area contributed by atoms with E-state index in [2.05, 4.69) is 10.3 Å². The summed E-state index contributed by atoms with van der Waals surface area (Å²) in [4.78, 5) is 17.0. The molecule has 0 spiro atoms. The Balaban J connectivity index is 1.73. The summed E-state index contributed by atoms with van der Waals surface area (Å²) in [6.07, 6.45) is 0. The molecule has 0 aliphatic rings. The van der Waals surface area contributed by atoms with Crippen molar-refractivity contribution in [1.29, 1.82) is 0 Å². The average molecular weight is 421 g/mol. The van der Waals surface area contributed by atoms with Crippen LogP contribution in [0.25, 0.3) is 11.3 Å². The van der Waals surface area contributed by atoms with Crippen LogP contribution in [0, 0.1) is 0 Å². The summed E-state index contributed by atoms with van der Waals surface area (Å²) in [6, 6.07) is 13.2. The summed E-state index contributed by atoms with van der Waals surface area (Å²) < 4.78 is 24.3. The lowest BCUT2D eigenvalue weighted by Gasteiger charge is -2.08. The molecule has 27 heavy (non-hydrogen) atoms. The molecular formula is C19H17ClN2O3S2. The lowest BCUT2D eigenvalue weighted by Crippen LogP contribution is -2.15. The molecule has 0 aliphatic carbocycles. The smallest absolute Gasteiger partial charge is 0.257 e. The van der Waals surface area contributed by atoms with Gasteiger partial charge >= 0.3 is 0 Å². The van der Waals surface area contributed by atoms with E-state index in [0.717, 1.165) is 11.3 Å². The van der Waals surface area contributed by atoms with Crippen molar-refractivity contribution in [3.8, 4) is 11.3 Å². The Bertz CT molecular complexity index is 1060. The van der Waals surface area contributed by atoms with Crippen molar-refractivity contribution in [3.05, 3.63) is 64.5 Å². The molecule has 140 valence electrons. The third kappa shape index (κ3) is 4.37. The molecule has 0 bridgehead atoms. The maximum atomic E-state index is 12.4. The molecule has 0 saturated carbocycles. The number of carbonyl (C=O) groups excluding carboxylic acids is 1. The van der Waals surface area contributed by atoms with Gasteiger partial charge in [-0.1, -0.05) is 23.7 Å². The maximum Gasteiger partial charge on any atom is 0.257 e. The predicted octanol–water partition coefficient (Wildman–Crippen LogP) is 4.90. The first-order valence-electron chi connectivity index (χ1n) is 8.14. The van der Waals surface area contributed by atoms with Gasteiger partial charge in [-0.2, -0.15) is 0 Å². The van der Waals surface area contributed by atoms with Crippen LogP contribution in [-0.2, 0) is 9.84 Å². The summed E-state index contributed by atoms with van der Waals surface area (Å²) in [5.41, 5.74) is 2.01. The fourth-order valence-electron chi connectivity index (χ4n) is 2.32. The zero-order valence-corrected chi connectivity index (χ0v) is 17.0. The van der Waals surface area contributed by atoms with E-state index in [1.54, 1.807) is 26.0 Å². The molecule has 5 nitrogen and oxygen atoms in total. The fourth-order valence-corrected chi connectivity index (χ4v) is 4.22. The number of hydrogen-bond acceptors (Lipinski definition) is 5. The van der Waals surface area contributed by atoms with Crippen molar-refractivity contribution in [2.24, 2.45) is 0 Å². The van der Waals surface area contributed by atoms with E-state index in [1.807, 2.05) is 17.5 Å². The Hall–Kier alpha value is -2.22. The number of sulfone groups is 1. The van der Waals surface area contributed by atoms with Crippen LogP contribution >= 0.6 is 22.9 Å². The standard InChI is InChI=1S/C19H17ClN2O3S2/c1-12(2)27(24,25)16-9-5-14(6-10-16)18(23)22-19-21-17(11-26-19)13-3-7-15(20)8-4-13/h3-12H,1-2H3,(H,21,22,23). The molecular weight excluding hydrogens is 404 g/mol. The highest BCUT2D eigenvalue weighted by Crippen LogP contribution is 2.26. The molecule has 8 heteroatoms. The second-order valence-electron chi connectivity index (χ2n) is 6.12. The topological polar surface area (TPSA) is 76.1 Å². The van der Waals surface area contributed by atoms with Crippen LogP contribution in [0.2, 0.25) is 5.02 Å². The highest BCUT2D eigenvalue weighted by Gasteiger charge is 2.19. The molecule has 0 atom stereocenters. The Labute approximate surface area is 167 Å². The summed E-state index contributed by atoms with van der Waals surface area (Å²) in [6.45, 7) is 3.24. The van der Waals surface area contributed by atoms with Gasteiger partial charge in [0, 0.05) is 21.5 Å². The van der Waals surface area contributed by atoms with Crippen LogP contribution in [0.3, 0.4) is 0 Å². The largest absolute Gasteiger partial charge is 0.298 e. The van der Waals surface area contributed by atoms with Crippen molar-refractivity contribution < 1.29 is 13.2 Å². The summed E-state index contributed by atoms with van der Waals surface area (Å²) in [7, 11) is -3.36. The SMILES string of the molecule is CC(C)S(=O)(=O)c1ccc(C(=O)Nc2nc(-c3ccc(Cl)cc3)cs2)cc1. The first-order valence-corrected chi connectivity index (χ1v) is 10.9. The summed E-state index contributed by atoms with van der Waals surface area (Å²) >= 11 is 7.20. The zero-order valence-electron chi connectivity index (χ0n) is 14.6. The normalized spacial score (nSPS) is 11.6. The van der Waals surface area contributed by atoms with Gasteiger partial charge in [-0.05, 0) is 50.2 Å². The summed E-state index contributed by atoms with van der Waals surface area (Å²) in [5, 5.41) is 5.17. The van der Waals surface area contributed by atoms with E-state index in [9.17, 15) is 13.2 Å². The van der Waals surface area contributed by atoms with Crippen LogP contribution in [-0.4, -0.2) is 24.6 Å². The highest BCUT2D eigenvalue weighted by molar-refractivity contribution is 7.92. The number of hydrogen-bond donors (Lipinski definition) is 1. The van der Waals surface area contributed by atoms with Crippen molar-refractivity contribution in [2.45, 2.75) is 24.0 Å². The third-order valence-corrected chi connectivity index (χ3v) is 7.11. The van der Waals surface area contributed by atoms with E-state index in [0.29, 0.717) is 15.7 Å². The molecule has 1 amide bonds. The molecule has 0 radical (unpaired) electrons. The Morgan fingerprint density at radius 2 is 1.70 bits per heavy atom. The minimum atomic E-state index is -3.36. The van der Waals surface area contributed by atoms with E-state index in [-0.39, 0.29) is 10.8 Å². The van der Waals surface area contributed by atoms with Crippen LogP contribution in [0.15, 0.2) is 58.8 Å². The molecule has 0 saturated heterocycles. The maximum absolute atomic E-state index is 12.4. The molecule has 1 aromatic heterocycles. The number of thiazole rings is 1. The van der Waals surface area contributed by atoms with Gasteiger partial charge in [0.25, 0.3) is 5.91 Å². The highest BCUT2D eigenvalue weighted by atomic mass is 35.5. The lowest BCUT2D eigenvalue weighted by atomic mass is 10.2. The molecule has 1 heterocycles.